The van der Waals surface area contributed by atoms with Crippen molar-refractivity contribution in [1.82, 2.24) is 9.80 Å². The second kappa shape index (κ2) is 7.25. The van der Waals surface area contributed by atoms with Crippen molar-refractivity contribution in [2.75, 3.05) is 26.2 Å². The number of hydrogen-bond acceptors (Lipinski definition) is 3. The van der Waals surface area contributed by atoms with E-state index in [1.54, 1.807) is 0 Å². The SMILES string of the molecule is C[C@@H]1CCCN([C@@H](C)C(=O)N2CCC[C@@H](C(N)=O)C2)CC1. The molecule has 2 fully saturated rings. The van der Waals surface area contributed by atoms with Crippen LogP contribution in [0.25, 0.3) is 0 Å². The van der Waals surface area contributed by atoms with Gasteiger partial charge in [-0.1, -0.05) is 6.92 Å². The van der Waals surface area contributed by atoms with Crippen LogP contribution in [-0.2, 0) is 9.59 Å². The lowest BCUT2D eigenvalue weighted by molar-refractivity contribution is -0.139. The number of amides is 2. The average Bonchev–Trinajstić information content (AvgIpc) is 2.70. The van der Waals surface area contributed by atoms with E-state index in [4.69, 9.17) is 5.73 Å². The molecule has 2 amide bonds. The van der Waals surface area contributed by atoms with E-state index >= 15 is 0 Å². The molecule has 2 aliphatic rings. The lowest BCUT2D eigenvalue weighted by Crippen LogP contribution is -2.51. The van der Waals surface area contributed by atoms with Gasteiger partial charge in [0.2, 0.25) is 11.8 Å². The van der Waals surface area contributed by atoms with Crippen LogP contribution in [0.4, 0.5) is 0 Å². The monoisotopic (exact) mass is 295 g/mol. The first kappa shape index (κ1) is 16.3. The van der Waals surface area contributed by atoms with Crippen molar-refractivity contribution >= 4 is 11.8 Å². The summed E-state index contributed by atoms with van der Waals surface area (Å²) >= 11 is 0. The molecule has 0 spiro atoms. The zero-order valence-corrected chi connectivity index (χ0v) is 13.4. The minimum absolute atomic E-state index is 0.0815. The molecule has 0 saturated carbocycles. The van der Waals surface area contributed by atoms with Gasteiger partial charge in [-0.2, -0.15) is 0 Å². The second-order valence-electron chi connectivity index (χ2n) is 6.77. The van der Waals surface area contributed by atoms with Gasteiger partial charge in [0.05, 0.1) is 12.0 Å². The summed E-state index contributed by atoms with van der Waals surface area (Å²) in [6, 6.07) is -0.0815. The lowest BCUT2D eigenvalue weighted by Gasteiger charge is -2.36. The van der Waals surface area contributed by atoms with Gasteiger partial charge in [-0.05, 0) is 58.0 Å². The molecule has 120 valence electrons. The first-order valence-corrected chi connectivity index (χ1v) is 8.31. The molecule has 5 nitrogen and oxygen atoms in total. The minimum Gasteiger partial charge on any atom is -0.369 e. The Morgan fingerprint density at radius 1 is 1.10 bits per heavy atom. The fourth-order valence-electron chi connectivity index (χ4n) is 3.50. The average molecular weight is 295 g/mol. The highest BCUT2D eigenvalue weighted by Gasteiger charge is 2.32. The molecule has 2 rings (SSSR count). The van der Waals surface area contributed by atoms with Crippen LogP contribution in [0.15, 0.2) is 0 Å². The van der Waals surface area contributed by atoms with E-state index in [-0.39, 0.29) is 23.8 Å². The maximum absolute atomic E-state index is 12.7. The molecule has 2 aliphatic heterocycles. The van der Waals surface area contributed by atoms with Crippen LogP contribution < -0.4 is 5.73 Å². The Morgan fingerprint density at radius 2 is 1.81 bits per heavy atom. The summed E-state index contributed by atoms with van der Waals surface area (Å²) in [5, 5.41) is 0. The summed E-state index contributed by atoms with van der Waals surface area (Å²) in [6.07, 6.45) is 5.28. The molecular formula is C16H29N3O2. The number of primary amides is 1. The molecule has 2 saturated heterocycles. The van der Waals surface area contributed by atoms with Gasteiger partial charge in [0.1, 0.15) is 0 Å². The third-order valence-corrected chi connectivity index (χ3v) is 5.09. The van der Waals surface area contributed by atoms with Gasteiger partial charge >= 0.3 is 0 Å². The molecule has 0 radical (unpaired) electrons. The quantitative estimate of drug-likeness (QED) is 0.851. The standard InChI is InChI=1S/C16H29N3O2/c1-12-5-3-8-18(10-7-12)13(2)16(21)19-9-4-6-14(11-19)15(17)20/h12-14H,3-11H2,1-2H3,(H2,17,20)/t12-,13+,14-/m1/s1. The summed E-state index contributed by atoms with van der Waals surface area (Å²) in [6.45, 7) is 7.57. The molecule has 0 aliphatic carbocycles. The third kappa shape index (κ3) is 4.19. The molecule has 0 bridgehead atoms. The molecule has 0 aromatic heterocycles. The largest absolute Gasteiger partial charge is 0.369 e. The molecule has 3 atom stereocenters. The topological polar surface area (TPSA) is 66.6 Å². The first-order chi connectivity index (χ1) is 9.99. The molecular weight excluding hydrogens is 266 g/mol. The van der Waals surface area contributed by atoms with Gasteiger partial charge in [-0.3, -0.25) is 14.5 Å². The number of nitrogens with zero attached hydrogens (tertiary/aromatic N) is 2. The molecule has 0 aromatic rings. The highest BCUT2D eigenvalue weighted by atomic mass is 16.2. The van der Waals surface area contributed by atoms with E-state index < -0.39 is 0 Å². The molecule has 2 heterocycles. The van der Waals surface area contributed by atoms with Crippen molar-refractivity contribution in [1.29, 1.82) is 0 Å². The van der Waals surface area contributed by atoms with Gasteiger partial charge in [-0.15, -0.1) is 0 Å². The summed E-state index contributed by atoms with van der Waals surface area (Å²) < 4.78 is 0. The normalized spacial score (nSPS) is 29.7. The van der Waals surface area contributed by atoms with Gasteiger partial charge in [0, 0.05) is 13.1 Å². The number of rotatable bonds is 3. The van der Waals surface area contributed by atoms with Crippen LogP contribution in [0.2, 0.25) is 0 Å². The van der Waals surface area contributed by atoms with Gasteiger partial charge in [-0.25, -0.2) is 0 Å². The Bertz CT molecular complexity index is 386. The molecule has 0 aromatic carbocycles. The summed E-state index contributed by atoms with van der Waals surface area (Å²) in [7, 11) is 0. The van der Waals surface area contributed by atoms with E-state index in [0.717, 1.165) is 38.4 Å². The zero-order chi connectivity index (χ0) is 15.4. The molecule has 2 N–H and O–H groups in total. The summed E-state index contributed by atoms with van der Waals surface area (Å²) in [5.41, 5.74) is 5.40. The fourth-order valence-corrected chi connectivity index (χ4v) is 3.50. The number of carbonyl (C=O) groups excluding carboxylic acids is 2. The summed E-state index contributed by atoms with van der Waals surface area (Å²) in [4.78, 5) is 28.2. The molecule has 5 heteroatoms. The number of nitrogens with two attached hydrogens (primary N) is 1. The fraction of sp³-hybridized carbons (Fsp3) is 0.875. The third-order valence-electron chi connectivity index (χ3n) is 5.09. The van der Waals surface area contributed by atoms with E-state index in [1.807, 2.05) is 11.8 Å². The number of piperidine rings is 1. The molecule has 21 heavy (non-hydrogen) atoms. The highest BCUT2D eigenvalue weighted by Crippen LogP contribution is 2.21. The number of carbonyl (C=O) groups is 2. The van der Waals surface area contributed by atoms with Crippen LogP contribution in [0.5, 0.6) is 0 Å². The van der Waals surface area contributed by atoms with Crippen molar-refractivity contribution in [3.05, 3.63) is 0 Å². The number of likely N-dealkylation sites (tertiary alicyclic amines) is 2. The first-order valence-electron chi connectivity index (χ1n) is 8.31. The number of hydrogen-bond donors (Lipinski definition) is 1. The zero-order valence-electron chi connectivity index (χ0n) is 13.4. The van der Waals surface area contributed by atoms with E-state index in [1.165, 1.54) is 19.3 Å². The highest BCUT2D eigenvalue weighted by molar-refractivity contribution is 5.83. The smallest absolute Gasteiger partial charge is 0.239 e. The second-order valence-corrected chi connectivity index (χ2v) is 6.77. The van der Waals surface area contributed by atoms with Crippen LogP contribution in [0.3, 0.4) is 0 Å². The predicted molar refractivity (Wildman–Crippen MR) is 82.5 cm³/mol. The van der Waals surface area contributed by atoms with Gasteiger partial charge in [0.25, 0.3) is 0 Å². The van der Waals surface area contributed by atoms with Crippen molar-refractivity contribution in [2.24, 2.45) is 17.6 Å². The van der Waals surface area contributed by atoms with Crippen molar-refractivity contribution in [2.45, 2.75) is 52.0 Å². The van der Waals surface area contributed by atoms with Crippen molar-refractivity contribution in [3.8, 4) is 0 Å². The Morgan fingerprint density at radius 3 is 2.52 bits per heavy atom. The van der Waals surface area contributed by atoms with Crippen molar-refractivity contribution in [3.63, 3.8) is 0 Å². The Kier molecular flexibility index (Phi) is 5.62. The van der Waals surface area contributed by atoms with E-state index in [2.05, 4.69) is 11.8 Å². The van der Waals surface area contributed by atoms with Crippen LogP contribution in [0.1, 0.15) is 46.0 Å². The maximum atomic E-state index is 12.7. The minimum atomic E-state index is -0.274. The predicted octanol–water partition coefficient (Wildman–Crippen LogP) is 1.22. The van der Waals surface area contributed by atoms with Crippen LogP contribution in [0, 0.1) is 11.8 Å². The van der Waals surface area contributed by atoms with Crippen molar-refractivity contribution < 1.29 is 9.59 Å². The summed E-state index contributed by atoms with van der Waals surface area (Å²) in [5.74, 6) is 0.477. The van der Waals surface area contributed by atoms with Gasteiger partial charge in [0.15, 0.2) is 0 Å². The van der Waals surface area contributed by atoms with Crippen LogP contribution in [-0.4, -0.2) is 53.8 Å². The Hall–Kier alpha value is -1.10. The van der Waals surface area contributed by atoms with Crippen LogP contribution >= 0.6 is 0 Å². The Labute approximate surface area is 127 Å². The maximum Gasteiger partial charge on any atom is 0.239 e. The van der Waals surface area contributed by atoms with E-state index in [9.17, 15) is 9.59 Å². The van der Waals surface area contributed by atoms with E-state index in [0.29, 0.717) is 6.54 Å². The van der Waals surface area contributed by atoms with Gasteiger partial charge < -0.3 is 10.6 Å². The Balaban J connectivity index is 1.93. The lowest BCUT2D eigenvalue weighted by atomic mass is 9.97. The molecule has 0 unspecified atom stereocenters.